The van der Waals surface area contributed by atoms with Crippen LogP contribution in [0.5, 0.6) is 11.5 Å². The fourth-order valence-corrected chi connectivity index (χ4v) is 2.26. The van der Waals surface area contributed by atoms with Crippen molar-refractivity contribution in [2.75, 3.05) is 13.2 Å². The summed E-state index contributed by atoms with van der Waals surface area (Å²) >= 11 is 0. The third kappa shape index (κ3) is 4.18. The third-order valence-electron chi connectivity index (χ3n) is 3.49. The minimum absolute atomic E-state index is 0.0131. The Balaban J connectivity index is 2.16. The normalized spacial score (nSPS) is 12.2. The molecule has 7 heteroatoms. The Kier molecular flexibility index (Phi) is 6.05. The molecule has 0 spiro atoms. The maximum absolute atomic E-state index is 13.3. The van der Waals surface area contributed by atoms with E-state index in [0.29, 0.717) is 17.9 Å². The van der Waals surface area contributed by atoms with Gasteiger partial charge in [0.2, 0.25) is 0 Å². The molecule has 0 bridgehead atoms. The number of rotatable bonds is 7. The van der Waals surface area contributed by atoms with Crippen molar-refractivity contribution in [1.29, 1.82) is 0 Å². The first kappa shape index (κ1) is 18.1. The summed E-state index contributed by atoms with van der Waals surface area (Å²) in [5.41, 5.74) is 0.553. The van der Waals surface area contributed by atoms with Gasteiger partial charge in [-0.3, -0.25) is 0 Å². The topological polar surface area (TPSA) is 61.7 Å². The Morgan fingerprint density at radius 1 is 1.12 bits per heavy atom. The number of hydrogen-bond acceptors (Lipinski definition) is 4. The van der Waals surface area contributed by atoms with Crippen molar-refractivity contribution in [3.05, 3.63) is 58.9 Å². The molecule has 0 aromatic heterocycles. The zero-order chi connectivity index (χ0) is 17.7. The van der Waals surface area contributed by atoms with E-state index in [4.69, 9.17) is 4.74 Å². The van der Waals surface area contributed by atoms with E-state index in [-0.39, 0.29) is 17.9 Å². The molecule has 0 radical (unpaired) electrons. The van der Waals surface area contributed by atoms with Crippen LogP contribution in [-0.4, -0.2) is 23.4 Å². The van der Waals surface area contributed by atoms with E-state index in [1.165, 1.54) is 6.07 Å². The number of aliphatic hydroxyl groups excluding tert-OH is 1. The maximum Gasteiger partial charge on any atom is 0.194 e. The summed E-state index contributed by atoms with van der Waals surface area (Å²) in [7, 11) is 0. The van der Waals surface area contributed by atoms with E-state index in [1.54, 1.807) is 12.1 Å². The van der Waals surface area contributed by atoms with Gasteiger partial charge >= 0.3 is 0 Å². The van der Waals surface area contributed by atoms with Gasteiger partial charge in [0.15, 0.2) is 17.5 Å². The molecule has 1 unspecified atom stereocenters. The van der Waals surface area contributed by atoms with Gasteiger partial charge in [-0.25, -0.2) is 13.2 Å². The van der Waals surface area contributed by atoms with Gasteiger partial charge < -0.3 is 20.3 Å². The predicted molar refractivity (Wildman–Crippen MR) is 82.3 cm³/mol. The smallest absolute Gasteiger partial charge is 0.194 e. The average molecular weight is 341 g/mol. The zero-order valence-corrected chi connectivity index (χ0v) is 13.0. The molecule has 0 aliphatic carbocycles. The number of benzene rings is 2. The van der Waals surface area contributed by atoms with Crippen LogP contribution >= 0.6 is 0 Å². The Morgan fingerprint density at radius 2 is 1.79 bits per heavy atom. The van der Waals surface area contributed by atoms with Crippen LogP contribution in [0.25, 0.3) is 0 Å². The van der Waals surface area contributed by atoms with Gasteiger partial charge in [-0.2, -0.15) is 0 Å². The van der Waals surface area contributed by atoms with Gasteiger partial charge in [0, 0.05) is 12.1 Å². The summed E-state index contributed by atoms with van der Waals surface area (Å²) in [6.45, 7) is 1.93. The van der Waals surface area contributed by atoms with Gasteiger partial charge in [0.25, 0.3) is 0 Å². The van der Waals surface area contributed by atoms with E-state index in [2.05, 4.69) is 5.32 Å². The number of nitrogens with one attached hydrogen (secondary N) is 1. The SMILES string of the molecule is CCOc1ccc(O)c(CNC(CO)c2cc(F)c(F)c(F)c2)c1. The second-order valence-electron chi connectivity index (χ2n) is 5.14. The highest BCUT2D eigenvalue weighted by atomic mass is 19.2. The van der Waals surface area contributed by atoms with Gasteiger partial charge in [-0.15, -0.1) is 0 Å². The number of halogens is 3. The number of aliphatic hydroxyl groups is 1. The molecule has 2 aromatic carbocycles. The van der Waals surface area contributed by atoms with Gasteiger partial charge in [-0.1, -0.05) is 0 Å². The van der Waals surface area contributed by atoms with Crippen LogP contribution in [0.15, 0.2) is 30.3 Å². The summed E-state index contributed by atoms with van der Waals surface area (Å²) in [4.78, 5) is 0. The Labute approximate surface area is 137 Å². The van der Waals surface area contributed by atoms with Crippen LogP contribution in [-0.2, 0) is 6.54 Å². The molecular weight excluding hydrogens is 323 g/mol. The molecule has 2 rings (SSSR count). The molecule has 0 fully saturated rings. The lowest BCUT2D eigenvalue weighted by Crippen LogP contribution is -2.24. The fourth-order valence-electron chi connectivity index (χ4n) is 2.26. The van der Waals surface area contributed by atoms with E-state index in [9.17, 15) is 23.4 Å². The molecule has 0 aliphatic rings. The lowest BCUT2D eigenvalue weighted by molar-refractivity contribution is 0.242. The highest BCUT2D eigenvalue weighted by Gasteiger charge is 2.17. The number of phenolic OH excluding ortho intramolecular Hbond substituents is 1. The van der Waals surface area contributed by atoms with Crippen LogP contribution in [0.3, 0.4) is 0 Å². The van der Waals surface area contributed by atoms with E-state index >= 15 is 0 Å². The van der Waals surface area contributed by atoms with E-state index < -0.39 is 30.1 Å². The summed E-state index contributed by atoms with van der Waals surface area (Å²) in [6.07, 6.45) is 0. The number of phenols is 1. The monoisotopic (exact) mass is 341 g/mol. The Morgan fingerprint density at radius 3 is 2.38 bits per heavy atom. The molecule has 0 aliphatic heterocycles. The van der Waals surface area contributed by atoms with E-state index in [0.717, 1.165) is 12.1 Å². The molecule has 0 saturated heterocycles. The molecule has 24 heavy (non-hydrogen) atoms. The summed E-state index contributed by atoms with van der Waals surface area (Å²) in [6, 6.07) is 5.51. The molecule has 1 atom stereocenters. The van der Waals surface area contributed by atoms with Gasteiger partial charge in [0.05, 0.1) is 19.3 Å². The first-order valence-electron chi connectivity index (χ1n) is 7.39. The number of hydrogen-bond donors (Lipinski definition) is 3. The van der Waals surface area contributed by atoms with Crippen molar-refractivity contribution >= 4 is 0 Å². The summed E-state index contributed by atoms with van der Waals surface area (Å²) in [5, 5.41) is 22.1. The van der Waals surface area contributed by atoms with Crippen LogP contribution in [0.4, 0.5) is 13.2 Å². The van der Waals surface area contributed by atoms with Crippen molar-refractivity contribution < 1.29 is 28.1 Å². The summed E-state index contributed by atoms with van der Waals surface area (Å²) < 4.78 is 45.0. The first-order valence-corrected chi connectivity index (χ1v) is 7.39. The Hall–Kier alpha value is -2.25. The van der Waals surface area contributed by atoms with Crippen LogP contribution in [0.2, 0.25) is 0 Å². The standard InChI is InChI=1S/C17H18F3NO3/c1-2-24-12-3-4-16(23)11(5-12)8-21-15(9-22)10-6-13(18)17(20)14(19)7-10/h3-7,15,21-23H,2,8-9H2,1H3. The van der Waals surface area contributed by atoms with Crippen LogP contribution in [0, 0.1) is 17.5 Å². The van der Waals surface area contributed by atoms with Crippen LogP contribution in [0.1, 0.15) is 24.1 Å². The minimum atomic E-state index is -1.56. The quantitative estimate of drug-likeness (QED) is 0.678. The molecule has 130 valence electrons. The predicted octanol–water partition coefficient (Wildman–Crippen LogP) is 3.03. The average Bonchev–Trinajstić information content (AvgIpc) is 2.56. The van der Waals surface area contributed by atoms with Crippen molar-refractivity contribution in [1.82, 2.24) is 5.32 Å². The lowest BCUT2D eigenvalue weighted by Gasteiger charge is -2.18. The van der Waals surface area contributed by atoms with Gasteiger partial charge in [0.1, 0.15) is 11.5 Å². The largest absolute Gasteiger partial charge is 0.508 e. The molecule has 0 saturated carbocycles. The summed E-state index contributed by atoms with van der Waals surface area (Å²) in [5.74, 6) is -3.64. The van der Waals surface area contributed by atoms with Crippen molar-refractivity contribution in [3.8, 4) is 11.5 Å². The second-order valence-corrected chi connectivity index (χ2v) is 5.14. The van der Waals surface area contributed by atoms with Crippen LogP contribution < -0.4 is 10.1 Å². The van der Waals surface area contributed by atoms with Crippen molar-refractivity contribution in [3.63, 3.8) is 0 Å². The first-order chi connectivity index (χ1) is 11.5. The molecule has 4 nitrogen and oxygen atoms in total. The zero-order valence-electron chi connectivity index (χ0n) is 13.0. The number of aromatic hydroxyl groups is 1. The van der Waals surface area contributed by atoms with Gasteiger partial charge in [-0.05, 0) is 42.8 Å². The van der Waals surface area contributed by atoms with Crippen molar-refractivity contribution in [2.24, 2.45) is 0 Å². The molecule has 2 aromatic rings. The van der Waals surface area contributed by atoms with E-state index in [1.807, 2.05) is 6.92 Å². The molecule has 3 N–H and O–H groups in total. The highest BCUT2D eigenvalue weighted by molar-refractivity contribution is 5.39. The lowest BCUT2D eigenvalue weighted by atomic mass is 10.1. The number of ether oxygens (including phenoxy) is 1. The third-order valence-corrected chi connectivity index (χ3v) is 3.49. The fraction of sp³-hybridized carbons (Fsp3) is 0.294. The minimum Gasteiger partial charge on any atom is -0.508 e. The van der Waals surface area contributed by atoms with Crippen molar-refractivity contribution in [2.45, 2.75) is 19.5 Å². The second kappa shape index (κ2) is 8.03. The molecule has 0 heterocycles. The molecule has 0 amide bonds. The molecular formula is C17H18F3NO3. The highest BCUT2D eigenvalue weighted by Crippen LogP contribution is 2.25. The Bertz CT molecular complexity index is 686. The maximum atomic E-state index is 13.3.